The quantitative estimate of drug-likeness (QED) is 0.376. The summed E-state index contributed by atoms with van der Waals surface area (Å²) in [6.45, 7) is 1.73. The van der Waals surface area contributed by atoms with Crippen molar-refractivity contribution in [2.24, 2.45) is 0 Å². The fraction of sp³-hybridized carbons (Fsp3) is 0.706. The Morgan fingerprint density at radius 2 is 2.04 bits per heavy atom. The second-order valence-electron chi connectivity index (χ2n) is 6.44. The lowest BCUT2D eigenvalue weighted by atomic mass is 10.1. The summed E-state index contributed by atoms with van der Waals surface area (Å²) in [6, 6.07) is 1.56. The number of hydrogen-bond acceptors (Lipinski definition) is 7. The number of hydrogen-bond donors (Lipinski definition) is 4. The summed E-state index contributed by atoms with van der Waals surface area (Å²) in [7, 11) is 0. The van der Waals surface area contributed by atoms with E-state index in [0.717, 1.165) is 25.7 Å². The van der Waals surface area contributed by atoms with Gasteiger partial charge < -0.3 is 25.4 Å². The Kier molecular flexibility index (Phi) is 8.11. The molecular weight excluding hydrogens is 358 g/mol. The molecule has 0 bridgehead atoms. The van der Waals surface area contributed by atoms with E-state index in [9.17, 15) is 15.0 Å². The molecule has 1 fully saturated rings. The smallest absolute Gasteiger partial charge is 0.225 e. The SMILES string of the molecule is CCCCCCCC(=O)Nc1ccn([C@@H]2O[C@H](CO)[C@@H](O)[C@@H]2O)c(=S)n1. The first-order valence-corrected chi connectivity index (χ1v) is 9.40. The predicted octanol–water partition coefficient (Wildman–Crippen LogP) is 1.52. The van der Waals surface area contributed by atoms with Crippen LogP contribution in [0.25, 0.3) is 0 Å². The number of nitrogens with zero attached hydrogens (tertiary/aromatic N) is 2. The van der Waals surface area contributed by atoms with Gasteiger partial charge in [0.15, 0.2) is 6.23 Å². The zero-order valence-electron chi connectivity index (χ0n) is 14.9. The predicted molar refractivity (Wildman–Crippen MR) is 98.1 cm³/mol. The van der Waals surface area contributed by atoms with Gasteiger partial charge in [-0.2, -0.15) is 0 Å². The van der Waals surface area contributed by atoms with Crippen molar-refractivity contribution in [1.82, 2.24) is 9.55 Å². The molecule has 2 heterocycles. The number of ether oxygens (including phenoxy) is 1. The molecule has 146 valence electrons. The van der Waals surface area contributed by atoms with Crippen molar-refractivity contribution in [2.75, 3.05) is 11.9 Å². The van der Waals surface area contributed by atoms with Crippen molar-refractivity contribution in [3.05, 3.63) is 17.0 Å². The zero-order valence-corrected chi connectivity index (χ0v) is 15.7. The second kappa shape index (κ2) is 10.1. The van der Waals surface area contributed by atoms with Crippen LogP contribution in [0.2, 0.25) is 0 Å². The molecule has 9 heteroatoms. The van der Waals surface area contributed by atoms with E-state index in [4.69, 9.17) is 22.1 Å². The van der Waals surface area contributed by atoms with Crippen LogP contribution in [0.4, 0.5) is 5.82 Å². The number of aliphatic hydroxyl groups excluding tert-OH is 3. The van der Waals surface area contributed by atoms with Crippen LogP contribution >= 0.6 is 12.2 Å². The first-order valence-electron chi connectivity index (χ1n) is 8.99. The van der Waals surface area contributed by atoms with Gasteiger partial charge in [-0.05, 0) is 24.7 Å². The normalized spacial score (nSPS) is 25.4. The summed E-state index contributed by atoms with van der Waals surface area (Å²) in [4.78, 5) is 16.1. The average Bonchev–Trinajstić information content (AvgIpc) is 2.90. The number of carbonyl (C=O) groups excluding carboxylic acids is 1. The topological polar surface area (TPSA) is 117 Å². The molecule has 1 amide bonds. The van der Waals surface area contributed by atoms with Gasteiger partial charge in [-0.3, -0.25) is 9.36 Å². The van der Waals surface area contributed by atoms with Gasteiger partial charge in [-0.1, -0.05) is 32.6 Å². The molecule has 26 heavy (non-hydrogen) atoms. The second-order valence-corrected chi connectivity index (χ2v) is 6.81. The third-order valence-electron chi connectivity index (χ3n) is 4.40. The van der Waals surface area contributed by atoms with Crippen LogP contribution in [0, 0.1) is 4.77 Å². The van der Waals surface area contributed by atoms with E-state index >= 15 is 0 Å². The van der Waals surface area contributed by atoms with Crippen LogP contribution < -0.4 is 5.32 Å². The molecule has 0 aliphatic carbocycles. The minimum Gasteiger partial charge on any atom is -0.394 e. The molecular formula is C17H27N3O5S. The van der Waals surface area contributed by atoms with Crippen LogP contribution in [0.5, 0.6) is 0 Å². The van der Waals surface area contributed by atoms with Crippen LogP contribution in [0.15, 0.2) is 12.3 Å². The van der Waals surface area contributed by atoms with Crippen molar-refractivity contribution >= 4 is 23.9 Å². The lowest BCUT2D eigenvalue weighted by molar-refractivity contribution is -0.116. The lowest BCUT2D eigenvalue weighted by Gasteiger charge is -2.18. The number of unbranched alkanes of at least 4 members (excludes halogenated alkanes) is 4. The molecule has 0 saturated carbocycles. The number of rotatable bonds is 9. The van der Waals surface area contributed by atoms with Crippen molar-refractivity contribution in [3.8, 4) is 0 Å². The Morgan fingerprint density at radius 3 is 2.65 bits per heavy atom. The Labute approximate surface area is 157 Å². The highest BCUT2D eigenvalue weighted by Crippen LogP contribution is 2.29. The first kappa shape index (κ1) is 20.9. The van der Waals surface area contributed by atoms with Crippen molar-refractivity contribution < 1.29 is 24.9 Å². The molecule has 4 N–H and O–H groups in total. The highest BCUT2D eigenvalue weighted by Gasteiger charge is 2.43. The van der Waals surface area contributed by atoms with Gasteiger partial charge in [0, 0.05) is 12.6 Å². The maximum atomic E-state index is 12.0. The molecule has 1 saturated heterocycles. The number of carbonyl (C=O) groups is 1. The molecule has 0 aromatic carbocycles. The van der Waals surface area contributed by atoms with E-state index in [1.807, 2.05) is 0 Å². The summed E-state index contributed by atoms with van der Waals surface area (Å²) in [5.74, 6) is 0.214. The molecule has 1 aromatic heterocycles. The Bertz CT molecular complexity index is 654. The van der Waals surface area contributed by atoms with Gasteiger partial charge in [0.1, 0.15) is 24.1 Å². The van der Waals surface area contributed by atoms with Crippen LogP contribution in [-0.2, 0) is 9.53 Å². The molecule has 0 radical (unpaired) electrons. The molecule has 1 aliphatic rings. The number of nitrogens with one attached hydrogen (secondary N) is 1. The molecule has 8 nitrogen and oxygen atoms in total. The fourth-order valence-electron chi connectivity index (χ4n) is 2.88. The zero-order chi connectivity index (χ0) is 19.1. The van der Waals surface area contributed by atoms with Crippen LogP contribution in [0.1, 0.15) is 51.7 Å². The first-order chi connectivity index (χ1) is 12.5. The molecule has 1 aromatic rings. The minimum atomic E-state index is -1.23. The van der Waals surface area contributed by atoms with E-state index < -0.39 is 31.1 Å². The summed E-state index contributed by atoms with van der Waals surface area (Å²) in [5, 5.41) is 31.8. The maximum absolute atomic E-state index is 12.0. The highest BCUT2D eigenvalue weighted by atomic mass is 32.1. The van der Waals surface area contributed by atoms with Crippen LogP contribution in [-0.4, -0.2) is 55.7 Å². The molecule has 0 unspecified atom stereocenters. The summed E-state index contributed by atoms with van der Waals surface area (Å²) in [6.07, 6.45) is 3.04. The third kappa shape index (κ3) is 5.31. The molecule has 2 rings (SSSR count). The number of aromatic nitrogens is 2. The Balaban J connectivity index is 1.93. The third-order valence-corrected chi connectivity index (χ3v) is 4.70. The van der Waals surface area contributed by atoms with Crippen molar-refractivity contribution in [2.45, 2.75) is 70.0 Å². The molecule has 0 spiro atoms. The van der Waals surface area contributed by atoms with Gasteiger partial charge in [-0.25, -0.2) is 4.98 Å². The summed E-state index contributed by atoms with van der Waals surface area (Å²) in [5.41, 5.74) is 0. The van der Waals surface area contributed by atoms with E-state index in [1.165, 1.54) is 17.2 Å². The molecule has 4 atom stereocenters. The fourth-order valence-corrected chi connectivity index (χ4v) is 3.14. The van der Waals surface area contributed by atoms with Gasteiger partial charge in [-0.15, -0.1) is 0 Å². The number of aliphatic hydroxyl groups is 3. The largest absolute Gasteiger partial charge is 0.394 e. The Hall–Kier alpha value is -1.39. The van der Waals surface area contributed by atoms with Gasteiger partial charge in [0.2, 0.25) is 10.7 Å². The monoisotopic (exact) mass is 385 g/mol. The summed E-state index contributed by atoms with van der Waals surface area (Å²) >= 11 is 5.20. The minimum absolute atomic E-state index is 0.0978. The standard InChI is InChI=1S/C17H27N3O5S/c1-2-3-4-5-6-7-13(22)18-12-8-9-20(17(26)19-12)16-15(24)14(23)11(10-21)25-16/h8-9,11,14-16,21,23-24H,2-7,10H2,1H3,(H,18,19,22,26)/t11-,14-,15+,16-/m1/s1. The number of amides is 1. The average molecular weight is 385 g/mol. The van der Waals surface area contributed by atoms with E-state index in [1.54, 1.807) is 6.07 Å². The van der Waals surface area contributed by atoms with E-state index in [0.29, 0.717) is 12.2 Å². The van der Waals surface area contributed by atoms with Crippen molar-refractivity contribution in [3.63, 3.8) is 0 Å². The van der Waals surface area contributed by atoms with Crippen molar-refractivity contribution in [1.29, 1.82) is 0 Å². The van der Waals surface area contributed by atoms with Gasteiger partial charge in [0.25, 0.3) is 0 Å². The maximum Gasteiger partial charge on any atom is 0.225 e. The highest BCUT2D eigenvalue weighted by molar-refractivity contribution is 7.71. The van der Waals surface area contributed by atoms with E-state index in [-0.39, 0.29) is 10.7 Å². The lowest BCUT2D eigenvalue weighted by Crippen LogP contribution is -2.33. The van der Waals surface area contributed by atoms with Gasteiger partial charge in [0.05, 0.1) is 6.61 Å². The number of anilines is 1. The Morgan fingerprint density at radius 1 is 1.31 bits per heavy atom. The summed E-state index contributed by atoms with van der Waals surface area (Å²) < 4.78 is 6.91. The van der Waals surface area contributed by atoms with Crippen LogP contribution in [0.3, 0.4) is 0 Å². The van der Waals surface area contributed by atoms with Gasteiger partial charge >= 0.3 is 0 Å². The van der Waals surface area contributed by atoms with E-state index in [2.05, 4.69) is 17.2 Å². The molecule has 1 aliphatic heterocycles.